The Hall–Kier alpha value is -2.70. The molecule has 0 spiro atoms. The zero-order valence-electron chi connectivity index (χ0n) is 11.9. The van der Waals surface area contributed by atoms with E-state index >= 15 is 0 Å². The summed E-state index contributed by atoms with van der Waals surface area (Å²) in [5, 5.41) is 0. The van der Waals surface area contributed by atoms with Crippen LogP contribution in [0.5, 0.6) is 0 Å². The molecule has 118 valence electrons. The highest BCUT2D eigenvalue weighted by atomic mass is 19.4. The number of rotatable bonds is 2. The number of nitrogens with one attached hydrogen (secondary N) is 1. The van der Waals surface area contributed by atoms with E-state index in [1.165, 1.54) is 24.3 Å². The SMILES string of the molecule is O=c1cc(C2=CCCC=N2)nc(-c2ccccc2C(F)(F)F)[nH]1. The van der Waals surface area contributed by atoms with E-state index in [4.69, 9.17) is 0 Å². The van der Waals surface area contributed by atoms with Crippen LogP contribution < -0.4 is 5.56 Å². The fourth-order valence-corrected chi connectivity index (χ4v) is 2.33. The van der Waals surface area contributed by atoms with E-state index in [9.17, 15) is 18.0 Å². The Bertz CT molecular complexity index is 850. The van der Waals surface area contributed by atoms with Crippen LogP contribution in [0.3, 0.4) is 0 Å². The van der Waals surface area contributed by atoms with Crippen molar-refractivity contribution in [1.29, 1.82) is 0 Å². The number of H-pyrrole nitrogens is 1. The molecule has 0 atom stereocenters. The van der Waals surface area contributed by atoms with Gasteiger partial charge in [-0.2, -0.15) is 13.2 Å². The lowest BCUT2D eigenvalue weighted by molar-refractivity contribution is -0.137. The number of halogens is 3. The Morgan fingerprint density at radius 3 is 2.61 bits per heavy atom. The lowest BCUT2D eigenvalue weighted by Gasteiger charge is -2.13. The van der Waals surface area contributed by atoms with E-state index in [2.05, 4.69) is 15.0 Å². The summed E-state index contributed by atoms with van der Waals surface area (Å²) < 4.78 is 39.4. The van der Waals surface area contributed by atoms with Gasteiger partial charge in [0, 0.05) is 17.8 Å². The molecule has 0 aliphatic carbocycles. The van der Waals surface area contributed by atoms with Crippen molar-refractivity contribution in [3.63, 3.8) is 0 Å². The van der Waals surface area contributed by atoms with E-state index in [0.717, 1.165) is 18.9 Å². The predicted octanol–water partition coefficient (Wildman–Crippen LogP) is 3.66. The van der Waals surface area contributed by atoms with Crippen molar-refractivity contribution < 1.29 is 13.2 Å². The molecule has 7 heteroatoms. The second-order valence-electron chi connectivity index (χ2n) is 5.00. The van der Waals surface area contributed by atoms with E-state index < -0.39 is 17.3 Å². The fraction of sp³-hybridized carbons (Fsp3) is 0.188. The van der Waals surface area contributed by atoms with Gasteiger partial charge in [-0.05, 0) is 18.9 Å². The van der Waals surface area contributed by atoms with Crippen LogP contribution in [0.1, 0.15) is 24.1 Å². The molecule has 1 aromatic heterocycles. The molecule has 0 saturated carbocycles. The second kappa shape index (κ2) is 5.83. The van der Waals surface area contributed by atoms with Crippen molar-refractivity contribution in [2.45, 2.75) is 19.0 Å². The van der Waals surface area contributed by atoms with Gasteiger partial charge in [0.2, 0.25) is 0 Å². The van der Waals surface area contributed by atoms with Gasteiger partial charge in [0.05, 0.1) is 17.0 Å². The molecule has 1 aromatic carbocycles. The minimum absolute atomic E-state index is 0.123. The van der Waals surface area contributed by atoms with Gasteiger partial charge in [-0.1, -0.05) is 24.3 Å². The molecule has 0 fully saturated rings. The standard InChI is InChI=1S/C16H12F3N3O/c17-16(18,19)11-6-2-1-5-10(11)15-21-13(9-14(23)22-15)12-7-3-4-8-20-12/h1-2,5-9H,3-4H2,(H,21,22,23). The monoisotopic (exact) mass is 319 g/mol. The van der Waals surface area contributed by atoms with Crippen LogP contribution in [0.2, 0.25) is 0 Å². The van der Waals surface area contributed by atoms with Crippen LogP contribution in [-0.2, 0) is 6.18 Å². The van der Waals surface area contributed by atoms with Gasteiger partial charge in [-0.15, -0.1) is 0 Å². The van der Waals surface area contributed by atoms with E-state index in [-0.39, 0.29) is 17.1 Å². The first-order chi connectivity index (χ1) is 10.9. The number of benzene rings is 1. The molecule has 0 radical (unpaired) electrons. The molecule has 1 N–H and O–H groups in total. The molecule has 1 aliphatic heterocycles. The van der Waals surface area contributed by atoms with Gasteiger partial charge in [0.1, 0.15) is 5.82 Å². The summed E-state index contributed by atoms with van der Waals surface area (Å²) in [6.07, 6.45) is 0.508. The summed E-state index contributed by atoms with van der Waals surface area (Å²) in [6.45, 7) is 0. The van der Waals surface area contributed by atoms with Crippen LogP contribution in [0, 0.1) is 0 Å². The summed E-state index contributed by atoms with van der Waals surface area (Å²) in [5.41, 5.74) is -0.783. The summed E-state index contributed by atoms with van der Waals surface area (Å²) in [5.74, 6) is -0.123. The van der Waals surface area contributed by atoms with Crippen molar-refractivity contribution in [3.8, 4) is 11.4 Å². The lowest BCUT2D eigenvalue weighted by Crippen LogP contribution is -2.13. The maximum atomic E-state index is 13.1. The fourth-order valence-electron chi connectivity index (χ4n) is 2.33. The van der Waals surface area contributed by atoms with Gasteiger partial charge in [-0.25, -0.2) is 4.98 Å². The van der Waals surface area contributed by atoms with Crippen molar-refractivity contribution in [3.05, 3.63) is 58.0 Å². The second-order valence-corrected chi connectivity index (χ2v) is 5.00. The van der Waals surface area contributed by atoms with Gasteiger partial charge < -0.3 is 4.98 Å². The molecular weight excluding hydrogens is 307 g/mol. The number of hydrogen-bond donors (Lipinski definition) is 1. The highest BCUT2D eigenvalue weighted by Gasteiger charge is 2.34. The highest BCUT2D eigenvalue weighted by Crippen LogP contribution is 2.35. The third kappa shape index (κ3) is 3.23. The van der Waals surface area contributed by atoms with Crippen LogP contribution in [-0.4, -0.2) is 16.2 Å². The average molecular weight is 319 g/mol. The van der Waals surface area contributed by atoms with Crippen LogP contribution in [0.4, 0.5) is 13.2 Å². The molecule has 2 aromatic rings. The number of aromatic amines is 1. The Morgan fingerprint density at radius 2 is 1.91 bits per heavy atom. The minimum atomic E-state index is -4.53. The normalized spacial score (nSPS) is 14.7. The number of aromatic nitrogens is 2. The van der Waals surface area contributed by atoms with Crippen molar-refractivity contribution >= 4 is 11.9 Å². The molecule has 0 amide bonds. The topological polar surface area (TPSA) is 58.1 Å². The molecular formula is C16H12F3N3O. The summed E-state index contributed by atoms with van der Waals surface area (Å²) in [6, 6.07) is 6.23. The minimum Gasteiger partial charge on any atom is -0.306 e. The molecule has 0 bridgehead atoms. The van der Waals surface area contributed by atoms with Crippen LogP contribution in [0.25, 0.3) is 17.1 Å². The zero-order chi connectivity index (χ0) is 16.4. The van der Waals surface area contributed by atoms with Gasteiger partial charge in [0.15, 0.2) is 0 Å². The molecule has 23 heavy (non-hydrogen) atoms. The number of hydrogen-bond acceptors (Lipinski definition) is 3. The summed E-state index contributed by atoms with van der Waals surface area (Å²) >= 11 is 0. The van der Waals surface area contributed by atoms with Crippen molar-refractivity contribution in [2.24, 2.45) is 4.99 Å². The molecule has 2 heterocycles. The number of allylic oxidation sites excluding steroid dienone is 1. The van der Waals surface area contributed by atoms with Crippen molar-refractivity contribution in [2.75, 3.05) is 0 Å². The summed E-state index contributed by atoms with van der Waals surface area (Å²) in [7, 11) is 0. The largest absolute Gasteiger partial charge is 0.417 e. The van der Waals surface area contributed by atoms with E-state index in [1.807, 2.05) is 0 Å². The maximum absolute atomic E-state index is 13.1. The average Bonchev–Trinajstić information content (AvgIpc) is 2.54. The third-order valence-corrected chi connectivity index (χ3v) is 3.36. The Kier molecular flexibility index (Phi) is 3.85. The van der Waals surface area contributed by atoms with Crippen molar-refractivity contribution in [1.82, 2.24) is 9.97 Å². The number of aliphatic imine (C=N–C) groups is 1. The van der Waals surface area contributed by atoms with Gasteiger partial charge in [0.25, 0.3) is 5.56 Å². The van der Waals surface area contributed by atoms with Crippen LogP contribution >= 0.6 is 0 Å². The van der Waals surface area contributed by atoms with E-state index in [1.54, 1.807) is 12.3 Å². The number of alkyl halides is 3. The summed E-state index contributed by atoms with van der Waals surface area (Å²) in [4.78, 5) is 22.5. The Labute approximate surface area is 129 Å². The molecule has 0 unspecified atom stereocenters. The highest BCUT2D eigenvalue weighted by molar-refractivity contribution is 5.75. The predicted molar refractivity (Wildman–Crippen MR) is 81.0 cm³/mol. The maximum Gasteiger partial charge on any atom is 0.417 e. The first-order valence-electron chi connectivity index (χ1n) is 6.96. The van der Waals surface area contributed by atoms with Gasteiger partial charge >= 0.3 is 6.18 Å². The Morgan fingerprint density at radius 1 is 1.13 bits per heavy atom. The Balaban J connectivity index is 2.15. The molecule has 1 aliphatic rings. The molecule has 3 rings (SSSR count). The molecule has 4 nitrogen and oxygen atoms in total. The third-order valence-electron chi connectivity index (χ3n) is 3.36. The van der Waals surface area contributed by atoms with Gasteiger partial charge in [-0.3, -0.25) is 9.79 Å². The first-order valence-corrected chi connectivity index (χ1v) is 6.96. The number of nitrogens with zero attached hydrogens (tertiary/aromatic N) is 2. The van der Waals surface area contributed by atoms with Crippen LogP contribution in [0.15, 0.2) is 46.2 Å². The smallest absolute Gasteiger partial charge is 0.306 e. The first kappa shape index (κ1) is 15.2. The zero-order valence-corrected chi connectivity index (χ0v) is 11.9. The lowest BCUT2D eigenvalue weighted by atomic mass is 10.1. The molecule has 0 saturated heterocycles. The quantitative estimate of drug-likeness (QED) is 0.918. The van der Waals surface area contributed by atoms with E-state index in [0.29, 0.717) is 5.70 Å².